The maximum absolute atomic E-state index is 9.33. The van der Waals surface area contributed by atoms with Gasteiger partial charge in [-0.15, -0.1) is 0 Å². The molecule has 1 saturated carbocycles. The van der Waals surface area contributed by atoms with Gasteiger partial charge in [-0.2, -0.15) is 5.26 Å². The van der Waals surface area contributed by atoms with Crippen LogP contribution in [0.3, 0.4) is 0 Å². The summed E-state index contributed by atoms with van der Waals surface area (Å²) in [5, 5.41) is 9.89. The van der Waals surface area contributed by atoms with E-state index in [0.29, 0.717) is 28.9 Å². The number of nitriles is 1. The van der Waals surface area contributed by atoms with Crippen LogP contribution in [-0.4, -0.2) is 52.0 Å². The number of benzene rings is 3. The number of halogens is 1. The molecule has 0 N–H and O–H groups in total. The summed E-state index contributed by atoms with van der Waals surface area (Å²) in [6.07, 6.45) is 11.9. The Morgan fingerprint density at radius 3 is 2.51 bits per heavy atom. The lowest BCUT2D eigenvalue weighted by Gasteiger charge is -2.30. The standard InChI is InChI=1S/C42H44ClN5O3/c1-28-33(6-5-7-36(28)32-8-11-39-38(20-32)46-42(51-39)31-12-16-48(17-13-31)35-9-10-35)27-50-41-21-40(49-26-30-18-29(22-44)23-45-24-30)34(19-37(41)43)25-47-14-3-2-4-15-47/h5-8,11,18-21,23-24,31,35H,2-4,9-10,12-17,25-27H2,1H3. The fraction of sp³-hybridized carbons (Fsp3) is 0.405. The number of aromatic nitrogens is 2. The number of ether oxygens (including phenoxy) is 2. The van der Waals surface area contributed by atoms with Gasteiger partial charge in [0.15, 0.2) is 11.5 Å². The molecule has 9 heteroatoms. The predicted molar refractivity (Wildman–Crippen MR) is 199 cm³/mol. The first kappa shape index (κ1) is 33.7. The number of oxazole rings is 1. The lowest BCUT2D eigenvalue weighted by Crippen LogP contribution is -2.34. The molecule has 2 saturated heterocycles. The Kier molecular flexibility index (Phi) is 9.95. The second-order valence-corrected chi connectivity index (χ2v) is 14.8. The number of pyridine rings is 1. The van der Waals surface area contributed by atoms with Crippen LogP contribution in [0.25, 0.3) is 22.2 Å². The summed E-state index contributed by atoms with van der Waals surface area (Å²) in [5.41, 5.74) is 8.58. The number of hydrogen-bond acceptors (Lipinski definition) is 8. The monoisotopic (exact) mass is 701 g/mol. The molecule has 0 bridgehead atoms. The Bertz CT molecular complexity index is 2050. The third-order valence-corrected chi connectivity index (χ3v) is 11.1. The van der Waals surface area contributed by atoms with Crippen molar-refractivity contribution in [2.24, 2.45) is 0 Å². The van der Waals surface area contributed by atoms with Gasteiger partial charge in [0.05, 0.1) is 10.6 Å². The van der Waals surface area contributed by atoms with E-state index in [1.54, 1.807) is 18.5 Å². The van der Waals surface area contributed by atoms with Crippen LogP contribution in [0.15, 0.2) is 71.4 Å². The number of fused-ring (bicyclic) bond motifs is 1. The average molecular weight is 702 g/mol. The van der Waals surface area contributed by atoms with Crippen molar-refractivity contribution in [2.75, 3.05) is 26.2 Å². The Morgan fingerprint density at radius 2 is 1.71 bits per heavy atom. The van der Waals surface area contributed by atoms with Crippen LogP contribution in [0.5, 0.6) is 11.5 Å². The largest absolute Gasteiger partial charge is 0.488 e. The predicted octanol–water partition coefficient (Wildman–Crippen LogP) is 9.21. The van der Waals surface area contributed by atoms with Gasteiger partial charge in [-0.05, 0) is 118 Å². The van der Waals surface area contributed by atoms with Crippen LogP contribution in [0.2, 0.25) is 5.02 Å². The van der Waals surface area contributed by atoms with Gasteiger partial charge in [-0.25, -0.2) is 4.98 Å². The maximum Gasteiger partial charge on any atom is 0.198 e. The van der Waals surface area contributed by atoms with E-state index in [4.69, 9.17) is 30.5 Å². The van der Waals surface area contributed by atoms with Gasteiger partial charge in [0.1, 0.15) is 36.3 Å². The Hall–Kier alpha value is -4.42. The van der Waals surface area contributed by atoms with E-state index in [-0.39, 0.29) is 6.61 Å². The fourth-order valence-electron chi connectivity index (χ4n) is 7.64. The minimum absolute atomic E-state index is 0.286. The van der Waals surface area contributed by atoms with Crippen molar-refractivity contribution in [3.63, 3.8) is 0 Å². The van der Waals surface area contributed by atoms with Gasteiger partial charge >= 0.3 is 0 Å². The second-order valence-electron chi connectivity index (χ2n) is 14.4. The second kappa shape index (κ2) is 15.1. The van der Waals surface area contributed by atoms with Crippen molar-refractivity contribution < 1.29 is 13.9 Å². The number of piperidine rings is 2. The van der Waals surface area contributed by atoms with E-state index in [1.807, 2.05) is 12.1 Å². The quantitative estimate of drug-likeness (QED) is 0.135. The summed E-state index contributed by atoms with van der Waals surface area (Å²) in [6, 6.07) is 21.3. The fourth-order valence-corrected chi connectivity index (χ4v) is 7.88. The lowest BCUT2D eigenvalue weighted by molar-refractivity contribution is 0.193. The van der Waals surface area contributed by atoms with Crippen molar-refractivity contribution in [1.29, 1.82) is 5.26 Å². The minimum Gasteiger partial charge on any atom is -0.488 e. The highest BCUT2D eigenvalue weighted by Crippen LogP contribution is 2.38. The topological polar surface area (TPSA) is 87.7 Å². The van der Waals surface area contributed by atoms with Gasteiger partial charge < -0.3 is 18.8 Å². The van der Waals surface area contributed by atoms with E-state index < -0.39 is 0 Å². The molecular formula is C42H44ClN5O3. The van der Waals surface area contributed by atoms with Gasteiger partial charge in [0.2, 0.25) is 0 Å². The first-order valence-corrected chi connectivity index (χ1v) is 18.8. The van der Waals surface area contributed by atoms with E-state index in [0.717, 1.165) is 108 Å². The molecule has 0 unspecified atom stereocenters. The van der Waals surface area contributed by atoms with E-state index in [1.165, 1.54) is 32.1 Å². The Labute approximate surface area is 305 Å². The third kappa shape index (κ3) is 7.77. The van der Waals surface area contributed by atoms with Crippen LogP contribution in [0.1, 0.15) is 84.6 Å². The van der Waals surface area contributed by atoms with Crippen LogP contribution < -0.4 is 9.47 Å². The molecule has 0 amide bonds. The summed E-state index contributed by atoms with van der Waals surface area (Å²) < 4.78 is 19.1. The van der Waals surface area contributed by atoms with Crippen molar-refractivity contribution in [2.45, 2.75) is 83.6 Å². The first-order valence-electron chi connectivity index (χ1n) is 18.4. The molecule has 4 heterocycles. The summed E-state index contributed by atoms with van der Waals surface area (Å²) in [5.74, 6) is 2.57. The molecule has 8 nitrogen and oxygen atoms in total. The smallest absolute Gasteiger partial charge is 0.198 e. The molecule has 5 aromatic rings. The third-order valence-electron chi connectivity index (χ3n) is 10.8. The molecule has 1 aliphatic carbocycles. The molecule has 2 aromatic heterocycles. The van der Waals surface area contributed by atoms with E-state index in [2.05, 4.69) is 64.2 Å². The molecule has 2 aliphatic heterocycles. The van der Waals surface area contributed by atoms with Crippen molar-refractivity contribution >= 4 is 22.7 Å². The van der Waals surface area contributed by atoms with Crippen LogP contribution in [-0.2, 0) is 19.8 Å². The summed E-state index contributed by atoms with van der Waals surface area (Å²) in [6.45, 7) is 7.94. The Morgan fingerprint density at radius 1 is 0.882 bits per heavy atom. The van der Waals surface area contributed by atoms with Crippen LogP contribution in [0, 0.1) is 18.3 Å². The number of hydrogen-bond donors (Lipinski definition) is 0. The normalized spacial score (nSPS) is 17.4. The number of nitrogens with zero attached hydrogens (tertiary/aromatic N) is 5. The molecule has 0 radical (unpaired) electrons. The van der Waals surface area contributed by atoms with Crippen LogP contribution >= 0.6 is 11.6 Å². The Balaban J connectivity index is 0.990. The first-order chi connectivity index (χ1) is 25.0. The average Bonchev–Trinajstić information content (AvgIpc) is 3.93. The number of likely N-dealkylation sites (tertiary alicyclic amines) is 2. The molecule has 0 spiro atoms. The van der Waals surface area contributed by atoms with Crippen molar-refractivity contribution in [1.82, 2.24) is 19.8 Å². The van der Waals surface area contributed by atoms with Gasteiger partial charge in [0.25, 0.3) is 0 Å². The molecule has 8 rings (SSSR count). The summed E-state index contributed by atoms with van der Waals surface area (Å²) >= 11 is 6.88. The zero-order valence-electron chi connectivity index (χ0n) is 29.2. The highest BCUT2D eigenvalue weighted by atomic mass is 35.5. The lowest BCUT2D eigenvalue weighted by atomic mass is 9.96. The summed E-state index contributed by atoms with van der Waals surface area (Å²) in [4.78, 5) is 14.3. The molecule has 51 heavy (non-hydrogen) atoms. The maximum atomic E-state index is 9.33. The van der Waals surface area contributed by atoms with Crippen molar-refractivity contribution in [3.05, 3.63) is 106 Å². The highest BCUT2D eigenvalue weighted by Gasteiger charge is 2.33. The zero-order valence-corrected chi connectivity index (χ0v) is 30.0. The van der Waals surface area contributed by atoms with Gasteiger partial charge in [-0.1, -0.05) is 42.3 Å². The number of rotatable bonds is 11. The summed E-state index contributed by atoms with van der Waals surface area (Å²) in [7, 11) is 0. The molecular weight excluding hydrogens is 658 g/mol. The highest BCUT2D eigenvalue weighted by molar-refractivity contribution is 6.32. The minimum atomic E-state index is 0.286. The van der Waals surface area contributed by atoms with E-state index in [9.17, 15) is 5.26 Å². The molecule has 3 aliphatic rings. The molecule has 3 fully saturated rings. The molecule has 3 aromatic carbocycles. The van der Waals surface area contributed by atoms with E-state index >= 15 is 0 Å². The molecule has 262 valence electrons. The van der Waals surface area contributed by atoms with Gasteiger partial charge in [-0.3, -0.25) is 9.88 Å². The van der Waals surface area contributed by atoms with Crippen LogP contribution in [0.4, 0.5) is 0 Å². The SMILES string of the molecule is Cc1c(COc2cc(OCc3cncc(C#N)c3)c(CN3CCCCC3)cc2Cl)cccc1-c1ccc2oc(C3CCN(C4CC4)CC3)nc2c1. The van der Waals surface area contributed by atoms with Crippen molar-refractivity contribution in [3.8, 4) is 28.7 Å². The van der Waals surface area contributed by atoms with Gasteiger partial charge in [0, 0.05) is 48.1 Å². The zero-order chi connectivity index (χ0) is 34.7. The molecule has 0 atom stereocenters.